The van der Waals surface area contributed by atoms with Crippen LogP contribution in [0.5, 0.6) is 0 Å². The predicted molar refractivity (Wildman–Crippen MR) is 68.1 cm³/mol. The van der Waals surface area contributed by atoms with Gasteiger partial charge in [-0.05, 0) is 18.2 Å². The molecular weight excluding hydrogens is 268 g/mol. The minimum Gasteiger partial charge on any atom is -0.468 e. The van der Waals surface area contributed by atoms with E-state index in [0.29, 0.717) is 5.56 Å². The van der Waals surface area contributed by atoms with E-state index >= 15 is 0 Å². The third-order valence-corrected chi connectivity index (χ3v) is 4.08. The number of hydrogen-bond donors (Lipinski definition) is 1. The maximum Gasteiger partial charge on any atom is 0.319 e. The van der Waals surface area contributed by atoms with Crippen molar-refractivity contribution in [2.45, 2.75) is 4.90 Å². The van der Waals surface area contributed by atoms with Gasteiger partial charge in [0.1, 0.15) is 0 Å². The van der Waals surface area contributed by atoms with E-state index in [4.69, 9.17) is 5.26 Å². The van der Waals surface area contributed by atoms with Crippen LogP contribution in [-0.2, 0) is 19.4 Å². The van der Waals surface area contributed by atoms with Crippen LogP contribution in [0.25, 0.3) is 0 Å². The molecule has 0 aliphatic carbocycles. The van der Waals surface area contributed by atoms with Gasteiger partial charge in [-0.25, -0.2) is 8.42 Å². The number of carbonyl (C=O) groups excluding carboxylic acids is 1. The largest absolute Gasteiger partial charge is 0.468 e. The Kier molecular flexibility index (Phi) is 5.48. The molecule has 0 aliphatic heterocycles. The highest BCUT2D eigenvalue weighted by Crippen LogP contribution is 2.12. The molecule has 0 saturated carbocycles. The molecule has 0 atom stereocenters. The normalized spacial score (nSPS) is 10.7. The lowest BCUT2D eigenvalue weighted by molar-refractivity contribution is -0.139. The van der Waals surface area contributed by atoms with Crippen molar-refractivity contribution in [1.29, 1.82) is 5.26 Å². The molecule has 0 aliphatic rings. The molecule has 0 fully saturated rings. The maximum absolute atomic E-state index is 11.9. The van der Waals surface area contributed by atoms with Crippen LogP contribution in [-0.4, -0.2) is 40.3 Å². The average Bonchev–Trinajstić information content (AvgIpc) is 2.43. The fraction of sp³-hybridized carbons (Fsp3) is 0.333. The van der Waals surface area contributed by atoms with Crippen LogP contribution < -0.4 is 5.32 Å². The molecule has 19 heavy (non-hydrogen) atoms. The minimum atomic E-state index is -3.46. The molecule has 0 aromatic heterocycles. The average molecular weight is 282 g/mol. The second-order valence-electron chi connectivity index (χ2n) is 3.71. The number of sulfone groups is 1. The number of nitrogens with zero attached hydrogens (tertiary/aromatic N) is 1. The molecule has 0 unspecified atom stereocenters. The zero-order chi connectivity index (χ0) is 14.3. The Hall–Kier alpha value is -1.91. The molecule has 0 amide bonds. The number of benzene rings is 1. The minimum absolute atomic E-state index is 0.0374. The summed E-state index contributed by atoms with van der Waals surface area (Å²) in [5.74, 6) is -0.609. The molecule has 102 valence electrons. The third kappa shape index (κ3) is 4.69. The van der Waals surface area contributed by atoms with Crippen molar-refractivity contribution in [2.24, 2.45) is 0 Å². The lowest BCUT2D eigenvalue weighted by Crippen LogP contribution is -2.28. The van der Waals surface area contributed by atoms with Gasteiger partial charge in [0.15, 0.2) is 9.84 Å². The highest BCUT2D eigenvalue weighted by Gasteiger charge is 2.14. The van der Waals surface area contributed by atoms with Crippen molar-refractivity contribution in [3.05, 3.63) is 29.8 Å². The molecule has 1 aromatic rings. The lowest BCUT2D eigenvalue weighted by Gasteiger charge is -2.06. The summed E-state index contributed by atoms with van der Waals surface area (Å²) in [6, 6.07) is 7.72. The number of nitriles is 1. The number of nitrogens with one attached hydrogen (secondary N) is 1. The van der Waals surface area contributed by atoms with E-state index in [1.54, 1.807) is 0 Å². The number of methoxy groups -OCH3 is 1. The van der Waals surface area contributed by atoms with E-state index < -0.39 is 15.8 Å². The Labute approximate surface area is 111 Å². The van der Waals surface area contributed by atoms with Crippen molar-refractivity contribution in [1.82, 2.24) is 5.32 Å². The molecule has 1 rings (SSSR count). The van der Waals surface area contributed by atoms with Crippen LogP contribution in [0.15, 0.2) is 29.2 Å². The summed E-state index contributed by atoms with van der Waals surface area (Å²) in [6.45, 7) is 0.0957. The first kappa shape index (κ1) is 15.1. The molecule has 0 radical (unpaired) electrons. The van der Waals surface area contributed by atoms with E-state index in [-0.39, 0.29) is 23.7 Å². The fourth-order valence-electron chi connectivity index (χ4n) is 1.35. The SMILES string of the molecule is COC(=O)CNCCS(=O)(=O)c1cccc(C#N)c1. The number of rotatable bonds is 6. The van der Waals surface area contributed by atoms with E-state index in [9.17, 15) is 13.2 Å². The van der Waals surface area contributed by atoms with Gasteiger partial charge >= 0.3 is 5.97 Å². The Morgan fingerprint density at radius 3 is 2.84 bits per heavy atom. The molecule has 1 aromatic carbocycles. The van der Waals surface area contributed by atoms with Gasteiger partial charge in [0.05, 0.1) is 35.9 Å². The highest BCUT2D eigenvalue weighted by atomic mass is 32.2. The topological polar surface area (TPSA) is 96.3 Å². The second-order valence-corrected chi connectivity index (χ2v) is 5.82. The smallest absolute Gasteiger partial charge is 0.319 e. The summed E-state index contributed by atoms with van der Waals surface area (Å²) in [7, 11) is -2.21. The Balaban J connectivity index is 2.61. The first-order chi connectivity index (χ1) is 8.99. The number of hydrogen-bond acceptors (Lipinski definition) is 6. The van der Waals surface area contributed by atoms with E-state index in [2.05, 4.69) is 10.1 Å². The van der Waals surface area contributed by atoms with E-state index in [1.807, 2.05) is 6.07 Å². The quantitative estimate of drug-likeness (QED) is 0.587. The Bertz CT molecular complexity index is 590. The molecule has 0 saturated heterocycles. The summed E-state index contributed by atoms with van der Waals surface area (Å²) in [6.07, 6.45) is 0. The van der Waals surface area contributed by atoms with Crippen molar-refractivity contribution >= 4 is 15.8 Å². The summed E-state index contributed by atoms with van der Waals surface area (Å²) < 4.78 is 28.3. The number of carbonyl (C=O) groups is 1. The zero-order valence-corrected chi connectivity index (χ0v) is 11.2. The summed E-state index contributed by atoms with van der Waals surface area (Å²) >= 11 is 0. The fourth-order valence-corrected chi connectivity index (χ4v) is 2.59. The van der Waals surface area contributed by atoms with Crippen LogP contribution in [0.3, 0.4) is 0 Å². The van der Waals surface area contributed by atoms with Crippen molar-refractivity contribution in [3.63, 3.8) is 0 Å². The van der Waals surface area contributed by atoms with Gasteiger partial charge in [0.25, 0.3) is 0 Å². The van der Waals surface area contributed by atoms with E-state index in [1.165, 1.54) is 31.4 Å². The van der Waals surface area contributed by atoms with Gasteiger partial charge in [0, 0.05) is 6.54 Å². The second kappa shape index (κ2) is 6.87. The molecular formula is C12H14N2O4S. The van der Waals surface area contributed by atoms with Gasteiger partial charge in [0.2, 0.25) is 0 Å². The number of esters is 1. The van der Waals surface area contributed by atoms with Crippen molar-refractivity contribution in [3.8, 4) is 6.07 Å². The molecule has 0 spiro atoms. The highest BCUT2D eigenvalue weighted by molar-refractivity contribution is 7.91. The first-order valence-corrected chi connectivity index (χ1v) is 7.15. The monoisotopic (exact) mass is 282 g/mol. The van der Waals surface area contributed by atoms with Crippen LogP contribution >= 0.6 is 0 Å². The summed E-state index contributed by atoms with van der Waals surface area (Å²) in [5, 5.41) is 11.4. The van der Waals surface area contributed by atoms with Gasteiger partial charge in [-0.3, -0.25) is 4.79 Å². The zero-order valence-electron chi connectivity index (χ0n) is 10.4. The molecule has 1 N–H and O–H groups in total. The maximum atomic E-state index is 11.9. The Morgan fingerprint density at radius 2 is 2.21 bits per heavy atom. The van der Waals surface area contributed by atoms with Gasteiger partial charge in [-0.15, -0.1) is 0 Å². The molecule has 6 nitrogen and oxygen atoms in total. The Morgan fingerprint density at radius 1 is 1.47 bits per heavy atom. The third-order valence-electron chi connectivity index (χ3n) is 2.37. The van der Waals surface area contributed by atoms with Crippen LogP contribution in [0.2, 0.25) is 0 Å². The van der Waals surface area contributed by atoms with Gasteiger partial charge in [-0.1, -0.05) is 6.07 Å². The van der Waals surface area contributed by atoms with Crippen LogP contribution in [0, 0.1) is 11.3 Å². The van der Waals surface area contributed by atoms with Crippen molar-refractivity contribution in [2.75, 3.05) is 26.0 Å². The first-order valence-electron chi connectivity index (χ1n) is 5.50. The standard InChI is InChI=1S/C12H14N2O4S/c1-18-12(15)9-14-5-6-19(16,17)11-4-2-3-10(7-11)8-13/h2-4,7,14H,5-6,9H2,1H3. The predicted octanol–water partition coefficient (Wildman–Crippen LogP) is 0.0946. The molecule has 0 heterocycles. The lowest BCUT2D eigenvalue weighted by atomic mass is 10.2. The molecule has 7 heteroatoms. The van der Waals surface area contributed by atoms with Crippen LogP contribution in [0.1, 0.15) is 5.56 Å². The summed E-state index contributed by atoms with van der Waals surface area (Å²) in [5.41, 5.74) is 0.295. The van der Waals surface area contributed by atoms with Gasteiger partial charge < -0.3 is 10.1 Å². The van der Waals surface area contributed by atoms with Crippen molar-refractivity contribution < 1.29 is 17.9 Å². The molecule has 0 bridgehead atoms. The number of ether oxygens (including phenoxy) is 1. The summed E-state index contributed by atoms with van der Waals surface area (Å²) in [4.78, 5) is 10.9. The van der Waals surface area contributed by atoms with E-state index in [0.717, 1.165) is 0 Å². The van der Waals surface area contributed by atoms with Gasteiger partial charge in [-0.2, -0.15) is 5.26 Å². The van der Waals surface area contributed by atoms with Crippen LogP contribution in [0.4, 0.5) is 0 Å².